The third-order valence-electron chi connectivity index (χ3n) is 1.91. The Morgan fingerprint density at radius 1 is 1.42 bits per heavy atom. The summed E-state index contributed by atoms with van der Waals surface area (Å²) >= 11 is 0. The summed E-state index contributed by atoms with van der Waals surface area (Å²) in [6, 6.07) is 0. The SMILES string of the molecule is CC/C=C(\C)CCCC(C)(C)O. The summed E-state index contributed by atoms with van der Waals surface area (Å²) in [5, 5.41) is 9.44. The Morgan fingerprint density at radius 3 is 2.42 bits per heavy atom. The Hall–Kier alpha value is -0.300. The van der Waals surface area contributed by atoms with Crippen molar-refractivity contribution in [2.75, 3.05) is 0 Å². The molecule has 0 amide bonds. The second-order valence-electron chi connectivity index (χ2n) is 4.12. The van der Waals surface area contributed by atoms with Crippen LogP contribution in [-0.4, -0.2) is 10.7 Å². The maximum Gasteiger partial charge on any atom is 0.0591 e. The number of hydrogen-bond acceptors (Lipinski definition) is 1. The smallest absolute Gasteiger partial charge is 0.0591 e. The van der Waals surface area contributed by atoms with Gasteiger partial charge in [-0.15, -0.1) is 0 Å². The molecule has 0 unspecified atom stereocenters. The van der Waals surface area contributed by atoms with Crippen LogP contribution in [-0.2, 0) is 0 Å². The van der Waals surface area contributed by atoms with Crippen LogP contribution in [0.3, 0.4) is 0 Å². The zero-order valence-electron chi connectivity index (χ0n) is 8.85. The molecule has 0 heterocycles. The Bertz CT molecular complexity index is 140. The van der Waals surface area contributed by atoms with Gasteiger partial charge in [0.1, 0.15) is 0 Å². The van der Waals surface area contributed by atoms with Gasteiger partial charge in [0.05, 0.1) is 5.60 Å². The lowest BCUT2D eigenvalue weighted by Crippen LogP contribution is -2.17. The van der Waals surface area contributed by atoms with Gasteiger partial charge >= 0.3 is 0 Å². The van der Waals surface area contributed by atoms with Crippen molar-refractivity contribution >= 4 is 0 Å². The van der Waals surface area contributed by atoms with E-state index >= 15 is 0 Å². The zero-order chi connectivity index (χ0) is 9.61. The highest BCUT2D eigenvalue weighted by Gasteiger charge is 2.10. The van der Waals surface area contributed by atoms with Gasteiger partial charge in [-0.05, 0) is 46.5 Å². The van der Waals surface area contributed by atoms with Crippen LogP contribution < -0.4 is 0 Å². The Labute approximate surface area is 76.5 Å². The van der Waals surface area contributed by atoms with Gasteiger partial charge in [0, 0.05) is 0 Å². The molecule has 0 aromatic carbocycles. The number of allylic oxidation sites excluding steroid dienone is 2. The van der Waals surface area contributed by atoms with E-state index in [0.717, 1.165) is 25.7 Å². The van der Waals surface area contributed by atoms with Crippen molar-refractivity contribution in [2.45, 2.75) is 59.0 Å². The molecule has 0 saturated heterocycles. The van der Waals surface area contributed by atoms with E-state index in [1.165, 1.54) is 5.57 Å². The third kappa shape index (κ3) is 7.80. The molecule has 0 fully saturated rings. The topological polar surface area (TPSA) is 20.2 Å². The van der Waals surface area contributed by atoms with E-state index < -0.39 is 5.60 Å². The van der Waals surface area contributed by atoms with Crippen molar-refractivity contribution in [2.24, 2.45) is 0 Å². The first-order valence-corrected chi connectivity index (χ1v) is 4.83. The lowest BCUT2D eigenvalue weighted by atomic mass is 9.99. The van der Waals surface area contributed by atoms with Crippen molar-refractivity contribution in [1.82, 2.24) is 0 Å². The number of aliphatic hydroxyl groups is 1. The summed E-state index contributed by atoms with van der Waals surface area (Å²) in [5.41, 5.74) is 0.953. The molecule has 0 aromatic rings. The van der Waals surface area contributed by atoms with E-state index in [1.807, 2.05) is 13.8 Å². The maximum absolute atomic E-state index is 9.44. The van der Waals surface area contributed by atoms with Crippen LogP contribution >= 0.6 is 0 Å². The summed E-state index contributed by atoms with van der Waals surface area (Å²) < 4.78 is 0. The molecule has 12 heavy (non-hydrogen) atoms. The second-order valence-corrected chi connectivity index (χ2v) is 4.12. The summed E-state index contributed by atoms with van der Waals surface area (Å²) in [7, 11) is 0. The molecule has 0 aliphatic carbocycles. The molecule has 0 aromatic heterocycles. The molecule has 0 saturated carbocycles. The molecule has 0 bridgehead atoms. The van der Waals surface area contributed by atoms with E-state index in [-0.39, 0.29) is 0 Å². The van der Waals surface area contributed by atoms with Gasteiger partial charge in [-0.1, -0.05) is 18.6 Å². The molecule has 1 nitrogen and oxygen atoms in total. The van der Waals surface area contributed by atoms with Crippen LogP contribution in [0, 0.1) is 0 Å². The first-order chi connectivity index (χ1) is 5.45. The first kappa shape index (κ1) is 11.7. The maximum atomic E-state index is 9.44. The molecule has 0 atom stereocenters. The summed E-state index contributed by atoms with van der Waals surface area (Å²) in [5.74, 6) is 0. The first-order valence-electron chi connectivity index (χ1n) is 4.83. The molecule has 0 aliphatic heterocycles. The largest absolute Gasteiger partial charge is 0.390 e. The van der Waals surface area contributed by atoms with E-state index in [9.17, 15) is 5.11 Å². The fourth-order valence-electron chi connectivity index (χ4n) is 1.25. The molecule has 0 rings (SSSR count). The fraction of sp³-hybridized carbons (Fsp3) is 0.818. The average molecular weight is 170 g/mol. The van der Waals surface area contributed by atoms with Crippen LogP contribution in [0.15, 0.2) is 11.6 Å². The molecule has 0 radical (unpaired) electrons. The van der Waals surface area contributed by atoms with Crippen LogP contribution in [0.5, 0.6) is 0 Å². The number of hydrogen-bond donors (Lipinski definition) is 1. The van der Waals surface area contributed by atoms with E-state index in [2.05, 4.69) is 19.9 Å². The van der Waals surface area contributed by atoms with E-state index in [1.54, 1.807) is 0 Å². The van der Waals surface area contributed by atoms with Gasteiger partial charge in [-0.2, -0.15) is 0 Å². The Kier molecular flexibility index (Phi) is 5.23. The molecule has 0 aliphatic rings. The average Bonchev–Trinajstić information content (AvgIpc) is 1.84. The van der Waals surface area contributed by atoms with Crippen molar-refractivity contribution in [3.63, 3.8) is 0 Å². The Balaban J connectivity index is 3.50. The van der Waals surface area contributed by atoms with Crippen LogP contribution in [0.25, 0.3) is 0 Å². The lowest BCUT2D eigenvalue weighted by Gasteiger charge is -2.16. The fourth-order valence-corrected chi connectivity index (χ4v) is 1.25. The van der Waals surface area contributed by atoms with Gasteiger partial charge in [0.25, 0.3) is 0 Å². The van der Waals surface area contributed by atoms with Crippen LogP contribution in [0.1, 0.15) is 53.4 Å². The number of rotatable bonds is 5. The minimum Gasteiger partial charge on any atom is -0.390 e. The standard InChI is InChI=1S/C11H22O/c1-5-7-10(2)8-6-9-11(3,4)12/h7,12H,5-6,8-9H2,1-4H3/b10-7+. The minimum atomic E-state index is -0.494. The monoisotopic (exact) mass is 170 g/mol. The second kappa shape index (κ2) is 5.36. The Morgan fingerprint density at radius 2 is 2.00 bits per heavy atom. The highest BCUT2D eigenvalue weighted by Crippen LogP contribution is 2.15. The highest BCUT2D eigenvalue weighted by molar-refractivity contribution is 4.97. The van der Waals surface area contributed by atoms with E-state index in [4.69, 9.17) is 0 Å². The predicted molar refractivity (Wildman–Crippen MR) is 54.2 cm³/mol. The summed E-state index contributed by atoms with van der Waals surface area (Å²) in [6.45, 7) is 8.05. The molecular weight excluding hydrogens is 148 g/mol. The van der Waals surface area contributed by atoms with Crippen LogP contribution in [0.4, 0.5) is 0 Å². The van der Waals surface area contributed by atoms with E-state index in [0.29, 0.717) is 0 Å². The van der Waals surface area contributed by atoms with Gasteiger partial charge in [0.15, 0.2) is 0 Å². The molecular formula is C11H22O. The van der Waals surface area contributed by atoms with Crippen LogP contribution in [0.2, 0.25) is 0 Å². The van der Waals surface area contributed by atoms with Gasteiger partial charge < -0.3 is 5.11 Å². The van der Waals surface area contributed by atoms with Gasteiger partial charge in [-0.3, -0.25) is 0 Å². The quantitative estimate of drug-likeness (QED) is 0.628. The minimum absolute atomic E-state index is 0.494. The van der Waals surface area contributed by atoms with Crippen molar-refractivity contribution in [3.8, 4) is 0 Å². The lowest BCUT2D eigenvalue weighted by molar-refractivity contribution is 0.0689. The van der Waals surface area contributed by atoms with Crippen molar-refractivity contribution in [3.05, 3.63) is 11.6 Å². The molecule has 72 valence electrons. The van der Waals surface area contributed by atoms with Gasteiger partial charge in [-0.25, -0.2) is 0 Å². The summed E-state index contributed by atoms with van der Waals surface area (Å²) in [6.07, 6.45) is 6.48. The third-order valence-corrected chi connectivity index (χ3v) is 1.91. The molecule has 1 N–H and O–H groups in total. The normalized spacial score (nSPS) is 13.6. The van der Waals surface area contributed by atoms with Gasteiger partial charge in [0.2, 0.25) is 0 Å². The van der Waals surface area contributed by atoms with Crippen molar-refractivity contribution in [1.29, 1.82) is 0 Å². The van der Waals surface area contributed by atoms with Crippen molar-refractivity contribution < 1.29 is 5.11 Å². The molecule has 0 spiro atoms. The summed E-state index contributed by atoms with van der Waals surface area (Å²) in [4.78, 5) is 0. The highest BCUT2D eigenvalue weighted by atomic mass is 16.3. The molecule has 1 heteroatoms. The zero-order valence-corrected chi connectivity index (χ0v) is 8.85. The predicted octanol–water partition coefficient (Wildman–Crippen LogP) is 3.28.